The predicted molar refractivity (Wildman–Crippen MR) is 177 cm³/mol. The maximum atomic E-state index is 13.7. The van der Waals surface area contributed by atoms with E-state index in [0.29, 0.717) is 24.3 Å². The fraction of sp³-hybridized carbons (Fsp3) is 0.457. The van der Waals surface area contributed by atoms with Crippen LogP contribution in [0.3, 0.4) is 0 Å². The summed E-state index contributed by atoms with van der Waals surface area (Å²) in [7, 11) is 1.23. The van der Waals surface area contributed by atoms with Crippen molar-refractivity contribution in [3.63, 3.8) is 0 Å². The van der Waals surface area contributed by atoms with Crippen molar-refractivity contribution in [1.29, 1.82) is 0 Å². The van der Waals surface area contributed by atoms with E-state index in [1.807, 2.05) is 0 Å². The number of esters is 1. The van der Waals surface area contributed by atoms with Gasteiger partial charge in [-0.15, -0.1) is 0 Å². The molecule has 0 saturated heterocycles. The van der Waals surface area contributed by atoms with Crippen molar-refractivity contribution in [2.75, 3.05) is 20.3 Å². The van der Waals surface area contributed by atoms with Gasteiger partial charge in [0.1, 0.15) is 41.8 Å². The van der Waals surface area contributed by atoms with Crippen LogP contribution >= 0.6 is 0 Å². The second-order valence-corrected chi connectivity index (χ2v) is 12.3. The zero-order valence-corrected chi connectivity index (χ0v) is 28.1. The van der Waals surface area contributed by atoms with Crippen LogP contribution < -0.4 is 30.7 Å². The summed E-state index contributed by atoms with van der Waals surface area (Å²) in [5.74, 6) is -1.08. The molecule has 6 rings (SSSR count). The fourth-order valence-corrected chi connectivity index (χ4v) is 4.79. The number of alkyl carbamates (subject to hydrolysis) is 1. The average Bonchev–Trinajstić information content (AvgIpc) is 3.02. The molecular formula is C35H46N4O9. The van der Waals surface area contributed by atoms with Crippen LogP contribution in [0, 0.1) is 0 Å². The Morgan fingerprint density at radius 2 is 1.54 bits per heavy atom. The van der Waals surface area contributed by atoms with Crippen LogP contribution in [0.2, 0.25) is 0 Å². The minimum Gasteiger partial charge on any atom is -0.489 e. The van der Waals surface area contributed by atoms with Crippen molar-refractivity contribution >= 4 is 29.8 Å². The molecule has 4 amide bonds. The van der Waals surface area contributed by atoms with Crippen LogP contribution in [0.5, 0.6) is 11.5 Å². The summed E-state index contributed by atoms with van der Waals surface area (Å²) >= 11 is 0. The van der Waals surface area contributed by atoms with Crippen molar-refractivity contribution in [1.82, 2.24) is 21.3 Å². The Bertz CT molecular complexity index is 1420. The molecule has 0 aromatic heterocycles. The van der Waals surface area contributed by atoms with Gasteiger partial charge in [0.05, 0.1) is 13.4 Å². The molecule has 4 N–H and O–H groups in total. The maximum Gasteiger partial charge on any atom is 0.407 e. The molecule has 0 unspecified atom stereocenters. The highest BCUT2D eigenvalue weighted by atomic mass is 16.6. The Kier molecular flexibility index (Phi) is 14.3. The van der Waals surface area contributed by atoms with E-state index in [1.54, 1.807) is 75.4 Å². The molecule has 0 fully saturated rings. The van der Waals surface area contributed by atoms with Gasteiger partial charge in [-0.25, -0.2) is 9.59 Å². The number of carbonyl (C=O) groups is 5. The van der Waals surface area contributed by atoms with Gasteiger partial charge in [0.15, 0.2) is 0 Å². The number of carbonyl (C=O) groups excluding carboxylic acids is 5. The summed E-state index contributed by atoms with van der Waals surface area (Å²) < 4.78 is 21.6. The smallest absolute Gasteiger partial charge is 0.407 e. The Labute approximate surface area is 281 Å². The number of rotatable bonds is 7. The Morgan fingerprint density at radius 3 is 2.17 bits per heavy atom. The number of unbranched alkanes of at least 4 members (excludes halogenated alkanes) is 1. The van der Waals surface area contributed by atoms with Gasteiger partial charge in [-0.3, -0.25) is 14.4 Å². The molecule has 4 bridgehead atoms. The lowest BCUT2D eigenvalue weighted by molar-refractivity contribution is -0.145. The van der Waals surface area contributed by atoms with Gasteiger partial charge < -0.3 is 40.2 Å². The number of hydrogen-bond donors (Lipinski definition) is 4. The second kappa shape index (κ2) is 18.3. The molecule has 0 radical (unpaired) electrons. The number of benzene rings is 2. The van der Waals surface area contributed by atoms with Gasteiger partial charge in [-0.1, -0.05) is 24.3 Å². The van der Waals surface area contributed by atoms with Gasteiger partial charge in [0.25, 0.3) is 0 Å². The van der Waals surface area contributed by atoms with Crippen LogP contribution in [-0.4, -0.2) is 73.8 Å². The fourth-order valence-electron chi connectivity index (χ4n) is 4.79. The number of ether oxygens (including phenoxy) is 4. The van der Waals surface area contributed by atoms with Crippen molar-refractivity contribution in [3.8, 4) is 11.5 Å². The Hall–Kier alpha value is -5.07. The van der Waals surface area contributed by atoms with Crippen LogP contribution in [0.25, 0.3) is 0 Å². The van der Waals surface area contributed by atoms with Crippen LogP contribution in [0.1, 0.15) is 58.1 Å². The molecule has 2 aromatic rings. The first-order valence-electron chi connectivity index (χ1n) is 15.9. The molecule has 0 spiro atoms. The number of amides is 4. The maximum absolute atomic E-state index is 13.7. The molecule has 48 heavy (non-hydrogen) atoms. The van der Waals surface area contributed by atoms with E-state index in [-0.39, 0.29) is 32.4 Å². The topological polar surface area (TPSA) is 170 Å². The summed E-state index contributed by atoms with van der Waals surface area (Å²) in [5, 5.41) is 10.9. The minimum absolute atomic E-state index is 0.118. The molecule has 3 atom stereocenters. The first-order chi connectivity index (χ1) is 22.8. The summed E-state index contributed by atoms with van der Waals surface area (Å²) in [6.45, 7) is 7.13. The van der Waals surface area contributed by atoms with Crippen molar-refractivity contribution in [3.05, 3.63) is 72.0 Å². The lowest BCUT2D eigenvalue weighted by Crippen LogP contribution is -2.56. The lowest BCUT2D eigenvalue weighted by atomic mass is 10.0. The first kappa shape index (κ1) is 37.4. The SMILES string of the molecule is COC(=O)[C@@H]1Cc2ccc(cc2)O/C=C\COc2ccc(cc2)C[C@H](NC(C)=O)C(=O)N[C@H](CCCCNC(=O)OC(C)(C)C)C(=O)N1. The second-order valence-electron chi connectivity index (χ2n) is 12.3. The third-order valence-corrected chi connectivity index (χ3v) is 7.09. The number of hydrogen-bond acceptors (Lipinski definition) is 9. The molecule has 0 saturated carbocycles. The zero-order chi connectivity index (χ0) is 35.1. The zero-order valence-electron chi connectivity index (χ0n) is 28.1. The van der Waals surface area contributed by atoms with Crippen molar-refractivity contribution in [2.45, 2.75) is 83.5 Å². The van der Waals surface area contributed by atoms with Gasteiger partial charge in [-0.2, -0.15) is 0 Å². The van der Waals surface area contributed by atoms with Crippen molar-refractivity contribution in [2.24, 2.45) is 0 Å². The lowest BCUT2D eigenvalue weighted by Gasteiger charge is -2.25. The van der Waals surface area contributed by atoms with E-state index in [2.05, 4.69) is 21.3 Å². The summed E-state index contributed by atoms with van der Waals surface area (Å²) in [6.07, 6.45) is 4.02. The van der Waals surface area contributed by atoms with Gasteiger partial charge in [-0.05, 0) is 81.5 Å². The first-order valence-corrected chi connectivity index (χ1v) is 15.9. The minimum atomic E-state index is -1.07. The summed E-state index contributed by atoms with van der Waals surface area (Å²) in [4.78, 5) is 64.2. The van der Waals surface area contributed by atoms with Crippen LogP contribution in [0.15, 0.2) is 60.9 Å². The number of methoxy groups -OCH3 is 1. The van der Waals surface area contributed by atoms with E-state index in [4.69, 9.17) is 18.9 Å². The van der Waals surface area contributed by atoms with Crippen LogP contribution in [0.4, 0.5) is 4.79 Å². The highest BCUT2D eigenvalue weighted by molar-refractivity contribution is 5.93. The highest BCUT2D eigenvalue weighted by Crippen LogP contribution is 2.17. The van der Waals surface area contributed by atoms with E-state index in [0.717, 1.165) is 11.1 Å². The standard InChI is InChI=1S/C35H46N4O9/c1-23(40)37-29-21-24-10-14-26(15-11-24)46-19-8-20-47-27-16-12-25(13-17-27)22-30(33(43)45-5)39-31(41)28(38-32(29)42)9-6-7-18-36-34(44)48-35(2,3)4/h8,10-17,20,28-30H,6-7,9,18-19,21-22H2,1-5H3,(H,36,44)(H,37,40)(H,38,42)(H,39,41)/b20-8-/t28-,29+,30+/m1/s1. The molecular weight excluding hydrogens is 620 g/mol. The average molecular weight is 667 g/mol. The van der Waals surface area contributed by atoms with Crippen LogP contribution in [-0.2, 0) is 41.5 Å². The largest absolute Gasteiger partial charge is 0.489 e. The third-order valence-electron chi connectivity index (χ3n) is 7.09. The Balaban J connectivity index is 1.85. The van der Waals surface area contributed by atoms with Gasteiger partial charge in [0.2, 0.25) is 17.7 Å². The van der Waals surface area contributed by atoms with Gasteiger partial charge >= 0.3 is 12.1 Å². The molecule has 13 heteroatoms. The molecule has 4 aliphatic heterocycles. The van der Waals surface area contributed by atoms with E-state index >= 15 is 0 Å². The quantitative estimate of drug-likeness (QED) is 0.256. The molecule has 4 aliphatic rings. The highest BCUT2D eigenvalue weighted by Gasteiger charge is 2.30. The van der Waals surface area contributed by atoms with Crippen molar-refractivity contribution < 1.29 is 42.9 Å². The molecule has 260 valence electrons. The van der Waals surface area contributed by atoms with E-state index in [1.165, 1.54) is 20.3 Å². The molecule has 0 aliphatic carbocycles. The predicted octanol–water partition coefficient (Wildman–Crippen LogP) is 3.10. The molecule has 4 heterocycles. The third kappa shape index (κ3) is 13.3. The Morgan fingerprint density at radius 1 is 0.896 bits per heavy atom. The number of nitrogens with one attached hydrogen (secondary N) is 4. The molecule has 2 aromatic carbocycles. The summed E-state index contributed by atoms with van der Waals surface area (Å²) in [5.41, 5.74) is 0.838. The van der Waals surface area contributed by atoms with Gasteiger partial charge in [0, 0.05) is 26.3 Å². The van der Waals surface area contributed by atoms with E-state index < -0.39 is 53.5 Å². The summed E-state index contributed by atoms with van der Waals surface area (Å²) in [6, 6.07) is 11.0. The monoisotopic (exact) mass is 666 g/mol. The normalized spacial score (nSPS) is 19.6. The molecule has 13 nitrogen and oxygen atoms in total. The van der Waals surface area contributed by atoms with E-state index in [9.17, 15) is 24.0 Å².